The van der Waals surface area contributed by atoms with Crippen LogP contribution in [0.25, 0.3) is 0 Å². The molecule has 2 N–H and O–H groups in total. The van der Waals surface area contributed by atoms with Gasteiger partial charge in [-0.25, -0.2) is 0 Å². The maximum atomic E-state index is 11.9. The molecule has 24 heavy (non-hydrogen) atoms. The summed E-state index contributed by atoms with van der Waals surface area (Å²) in [4.78, 5) is 25.7. The number of anilines is 1. The van der Waals surface area contributed by atoms with E-state index in [-0.39, 0.29) is 29.8 Å². The Kier molecular flexibility index (Phi) is 7.26. The van der Waals surface area contributed by atoms with Crippen molar-refractivity contribution in [1.29, 1.82) is 0 Å². The summed E-state index contributed by atoms with van der Waals surface area (Å²) in [5.74, 6) is -0.251. The normalized spacial score (nSPS) is 12.4. The third-order valence-corrected chi connectivity index (χ3v) is 3.54. The molecule has 1 atom stereocenters. The van der Waals surface area contributed by atoms with Crippen LogP contribution in [0.1, 0.15) is 39.7 Å². The fourth-order valence-electron chi connectivity index (χ4n) is 2.38. The Morgan fingerprint density at radius 1 is 1.08 bits per heavy atom. The Labute approximate surface area is 145 Å². The van der Waals surface area contributed by atoms with Gasteiger partial charge in [-0.05, 0) is 36.5 Å². The highest BCUT2D eigenvalue weighted by Gasteiger charge is 2.16. The smallest absolute Gasteiger partial charge is 0.239 e. The summed E-state index contributed by atoms with van der Waals surface area (Å²) in [6, 6.07) is 8.29. The molecule has 0 saturated heterocycles. The summed E-state index contributed by atoms with van der Waals surface area (Å²) in [6.45, 7) is 7.98. The van der Waals surface area contributed by atoms with Crippen LogP contribution in [-0.2, 0) is 16.0 Å². The molecule has 134 valence electrons. The van der Waals surface area contributed by atoms with Gasteiger partial charge in [-0.3, -0.25) is 9.59 Å². The zero-order chi connectivity index (χ0) is 18.3. The first-order valence-corrected chi connectivity index (χ1v) is 8.39. The Morgan fingerprint density at radius 3 is 2.17 bits per heavy atom. The van der Waals surface area contributed by atoms with Crippen molar-refractivity contribution in [2.75, 3.05) is 25.5 Å². The average Bonchev–Trinajstić information content (AvgIpc) is 2.43. The summed E-state index contributed by atoms with van der Waals surface area (Å²) in [6.07, 6.45) is 1.17. The molecule has 2 amide bonds. The van der Waals surface area contributed by atoms with E-state index in [1.165, 1.54) is 5.56 Å². The first-order chi connectivity index (χ1) is 11.1. The predicted molar refractivity (Wildman–Crippen MR) is 99.2 cm³/mol. The third kappa shape index (κ3) is 7.99. The lowest BCUT2D eigenvalue weighted by Gasteiger charge is -2.18. The van der Waals surface area contributed by atoms with Gasteiger partial charge in [0, 0.05) is 32.2 Å². The van der Waals surface area contributed by atoms with E-state index in [0.717, 1.165) is 12.1 Å². The number of nitrogens with one attached hydrogen (secondary N) is 2. The van der Waals surface area contributed by atoms with Crippen LogP contribution >= 0.6 is 0 Å². The zero-order valence-corrected chi connectivity index (χ0v) is 15.8. The number of rotatable bonds is 7. The van der Waals surface area contributed by atoms with Crippen LogP contribution in [0, 0.1) is 5.41 Å². The lowest BCUT2D eigenvalue weighted by atomic mass is 9.92. The number of hydrogen-bond acceptors (Lipinski definition) is 3. The Hall–Kier alpha value is -2.04. The molecular formula is C19H31N3O2. The molecule has 0 heterocycles. The van der Waals surface area contributed by atoms with Crippen LogP contribution in [-0.4, -0.2) is 38.5 Å². The van der Waals surface area contributed by atoms with Gasteiger partial charge in [0.1, 0.15) is 0 Å². The Morgan fingerprint density at radius 2 is 1.67 bits per heavy atom. The Balaban J connectivity index is 2.37. The van der Waals surface area contributed by atoms with Crippen molar-refractivity contribution in [2.24, 2.45) is 5.41 Å². The fraction of sp³-hybridized carbons (Fsp3) is 0.579. The summed E-state index contributed by atoms with van der Waals surface area (Å²) >= 11 is 0. The van der Waals surface area contributed by atoms with Gasteiger partial charge in [-0.2, -0.15) is 0 Å². The van der Waals surface area contributed by atoms with Gasteiger partial charge in [0.05, 0.1) is 6.54 Å². The number of nitrogens with zero attached hydrogens (tertiary/aromatic N) is 1. The number of hydrogen-bond donors (Lipinski definition) is 2. The second-order valence-electron chi connectivity index (χ2n) is 7.75. The molecule has 0 aliphatic heterocycles. The average molecular weight is 333 g/mol. The SMILES string of the molecule is C[C@@H](Cc1ccc(N(C)C)cc1)NC(=O)CNC(=O)CC(C)(C)C. The summed E-state index contributed by atoms with van der Waals surface area (Å²) in [5, 5.41) is 5.59. The van der Waals surface area contributed by atoms with Crippen molar-refractivity contribution in [1.82, 2.24) is 10.6 Å². The van der Waals surface area contributed by atoms with E-state index < -0.39 is 0 Å². The van der Waals surface area contributed by atoms with Crippen molar-refractivity contribution >= 4 is 17.5 Å². The standard InChI is InChI=1S/C19H31N3O2/c1-14(11-15-7-9-16(10-8-15)22(5)6)21-18(24)13-20-17(23)12-19(2,3)4/h7-10,14H,11-13H2,1-6H3,(H,20,23)(H,21,24)/t14-/m0/s1. The van der Waals surface area contributed by atoms with Crippen molar-refractivity contribution < 1.29 is 9.59 Å². The maximum Gasteiger partial charge on any atom is 0.239 e. The number of carbonyl (C=O) groups is 2. The monoisotopic (exact) mass is 333 g/mol. The molecule has 0 aliphatic carbocycles. The van der Waals surface area contributed by atoms with Gasteiger partial charge in [0.25, 0.3) is 0 Å². The van der Waals surface area contributed by atoms with E-state index in [1.54, 1.807) is 0 Å². The van der Waals surface area contributed by atoms with E-state index in [1.807, 2.05) is 41.8 Å². The van der Waals surface area contributed by atoms with Crippen molar-refractivity contribution in [3.05, 3.63) is 29.8 Å². The van der Waals surface area contributed by atoms with Crippen LogP contribution in [0.4, 0.5) is 5.69 Å². The number of amides is 2. The topological polar surface area (TPSA) is 61.4 Å². The molecule has 0 aliphatic rings. The van der Waals surface area contributed by atoms with Gasteiger partial charge in [0.15, 0.2) is 0 Å². The second kappa shape index (κ2) is 8.71. The first-order valence-electron chi connectivity index (χ1n) is 8.39. The highest BCUT2D eigenvalue weighted by Crippen LogP contribution is 2.17. The molecule has 5 nitrogen and oxygen atoms in total. The molecule has 1 aromatic carbocycles. The minimum absolute atomic E-state index is 0.0159. The minimum atomic E-state index is -0.158. The third-order valence-electron chi connectivity index (χ3n) is 3.54. The molecular weight excluding hydrogens is 302 g/mol. The summed E-state index contributed by atoms with van der Waals surface area (Å²) in [5.41, 5.74) is 2.24. The van der Waals surface area contributed by atoms with Gasteiger partial charge < -0.3 is 15.5 Å². The second-order valence-corrected chi connectivity index (χ2v) is 7.75. The van der Waals surface area contributed by atoms with Crippen molar-refractivity contribution in [3.63, 3.8) is 0 Å². The van der Waals surface area contributed by atoms with E-state index in [9.17, 15) is 9.59 Å². The minimum Gasteiger partial charge on any atom is -0.378 e. The van der Waals surface area contributed by atoms with Crippen LogP contribution in [0.3, 0.4) is 0 Å². The summed E-state index contributed by atoms with van der Waals surface area (Å²) in [7, 11) is 4.01. The molecule has 0 fully saturated rings. The van der Waals surface area contributed by atoms with Gasteiger partial charge in [0.2, 0.25) is 11.8 Å². The molecule has 0 radical (unpaired) electrons. The maximum absolute atomic E-state index is 11.9. The molecule has 1 aromatic rings. The van der Waals surface area contributed by atoms with Crippen LogP contribution in [0.2, 0.25) is 0 Å². The largest absolute Gasteiger partial charge is 0.378 e. The molecule has 0 spiro atoms. The van der Waals surface area contributed by atoms with E-state index in [2.05, 4.69) is 39.8 Å². The van der Waals surface area contributed by atoms with Crippen molar-refractivity contribution in [2.45, 2.75) is 46.6 Å². The molecule has 0 bridgehead atoms. The first kappa shape index (κ1) is 20.0. The quantitative estimate of drug-likeness (QED) is 0.805. The van der Waals surface area contributed by atoms with Crippen LogP contribution in [0.15, 0.2) is 24.3 Å². The molecule has 1 rings (SSSR count). The lowest BCUT2D eigenvalue weighted by molar-refractivity contribution is -0.127. The van der Waals surface area contributed by atoms with Gasteiger partial charge in [-0.1, -0.05) is 32.9 Å². The van der Waals surface area contributed by atoms with E-state index in [0.29, 0.717) is 6.42 Å². The van der Waals surface area contributed by atoms with Gasteiger partial charge >= 0.3 is 0 Å². The summed E-state index contributed by atoms with van der Waals surface area (Å²) < 4.78 is 0. The number of carbonyl (C=O) groups excluding carboxylic acids is 2. The molecule has 0 aromatic heterocycles. The van der Waals surface area contributed by atoms with Crippen LogP contribution < -0.4 is 15.5 Å². The molecule has 0 saturated carbocycles. The molecule has 5 heteroatoms. The predicted octanol–water partition coefficient (Wildman–Crippen LogP) is 2.35. The zero-order valence-electron chi connectivity index (χ0n) is 15.8. The highest BCUT2D eigenvalue weighted by atomic mass is 16.2. The fourth-order valence-corrected chi connectivity index (χ4v) is 2.38. The lowest BCUT2D eigenvalue weighted by Crippen LogP contribution is -2.42. The number of benzene rings is 1. The van der Waals surface area contributed by atoms with Crippen LogP contribution in [0.5, 0.6) is 0 Å². The Bertz CT molecular complexity index is 545. The van der Waals surface area contributed by atoms with Gasteiger partial charge in [-0.15, -0.1) is 0 Å². The van der Waals surface area contributed by atoms with E-state index in [4.69, 9.17) is 0 Å². The van der Waals surface area contributed by atoms with Crippen molar-refractivity contribution in [3.8, 4) is 0 Å². The molecule has 0 unspecified atom stereocenters. The van der Waals surface area contributed by atoms with E-state index >= 15 is 0 Å². The highest BCUT2D eigenvalue weighted by molar-refractivity contribution is 5.85.